The lowest BCUT2D eigenvalue weighted by Gasteiger charge is -2.13. The summed E-state index contributed by atoms with van der Waals surface area (Å²) in [6.45, 7) is 6.06. The van der Waals surface area contributed by atoms with Crippen molar-refractivity contribution < 1.29 is 0 Å². The van der Waals surface area contributed by atoms with Gasteiger partial charge in [-0.2, -0.15) is 0 Å². The number of hydrogen-bond donors (Lipinski definition) is 1. The minimum Gasteiger partial charge on any atom is -0.307 e. The van der Waals surface area contributed by atoms with Gasteiger partial charge in [0.05, 0.1) is 12.1 Å². The molecule has 0 aromatic heterocycles. The summed E-state index contributed by atoms with van der Waals surface area (Å²) in [5, 5.41) is 12.4. The Balaban J connectivity index is 3.90. The lowest BCUT2D eigenvalue weighted by atomic mass is 10.4. The first-order valence-electron chi connectivity index (χ1n) is 4.39. The maximum Gasteiger partial charge on any atom is 0.0678 e. The van der Waals surface area contributed by atoms with Crippen molar-refractivity contribution in [1.29, 1.82) is 0 Å². The molecule has 1 N–H and O–H groups in total. The molecule has 4 heteroatoms. The highest BCUT2D eigenvalue weighted by molar-refractivity contribution is 5.03. The molecule has 0 aromatic carbocycles. The Bertz CT molecular complexity index is 211. The third-order valence-electron chi connectivity index (χ3n) is 1.70. The first kappa shape index (κ1) is 11.9. The summed E-state index contributed by atoms with van der Waals surface area (Å²) in [4.78, 5) is 0. The fraction of sp³-hybridized carbons (Fsp3) is 0.778. The summed E-state index contributed by atoms with van der Waals surface area (Å²) in [5.74, 6) is 2.88. The summed E-state index contributed by atoms with van der Waals surface area (Å²) in [5.41, 5.74) is 0. The summed E-state index contributed by atoms with van der Waals surface area (Å²) in [7, 11) is 3.73. The molecule has 0 aliphatic heterocycles. The summed E-state index contributed by atoms with van der Waals surface area (Å²) in [6.07, 6.45) is 0. The zero-order chi connectivity index (χ0) is 10.3. The van der Waals surface area contributed by atoms with Crippen LogP contribution in [0.1, 0.15) is 20.8 Å². The molecule has 0 fully saturated rings. The average molecular weight is 182 g/mol. The second-order valence-corrected chi connectivity index (χ2v) is 3.12. The van der Waals surface area contributed by atoms with E-state index in [1.54, 1.807) is 5.01 Å². The molecule has 0 radical (unpaired) electrons. The molecule has 0 aliphatic carbocycles. The van der Waals surface area contributed by atoms with Crippen LogP contribution in [0.2, 0.25) is 0 Å². The van der Waals surface area contributed by atoms with Crippen molar-refractivity contribution in [2.45, 2.75) is 32.9 Å². The van der Waals surface area contributed by atoms with Gasteiger partial charge in [-0.3, -0.25) is 5.01 Å². The van der Waals surface area contributed by atoms with Gasteiger partial charge in [-0.1, -0.05) is 16.3 Å². The summed E-state index contributed by atoms with van der Waals surface area (Å²) < 4.78 is 0. The normalized spacial score (nSPS) is 12.8. The highest BCUT2D eigenvalue weighted by atomic mass is 15.5. The minimum atomic E-state index is 0.156. The monoisotopic (exact) mass is 182 g/mol. The van der Waals surface area contributed by atoms with Crippen LogP contribution in [0.4, 0.5) is 0 Å². The molecule has 0 saturated carbocycles. The number of rotatable bonds is 3. The van der Waals surface area contributed by atoms with Gasteiger partial charge in [0.15, 0.2) is 0 Å². The third-order valence-corrected chi connectivity index (χ3v) is 1.70. The Morgan fingerprint density at radius 3 is 2.38 bits per heavy atom. The van der Waals surface area contributed by atoms with Crippen LogP contribution in [0.25, 0.3) is 0 Å². The van der Waals surface area contributed by atoms with E-state index in [1.165, 1.54) is 0 Å². The second kappa shape index (κ2) is 6.44. The van der Waals surface area contributed by atoms with Crippen molar-refractivity contribution in [3.8, 4) is 12.0 Å². The number of hydrogen-bond acceptors (Lipinski definition) is 3. The first-order chi connectivity index (χ1) is 6.07. The number of nitrogens with one attached hydrogen (secondary N) is 1. The number of nitrogens with zero attached hydrogens (tertiary/aromatic N) is 3. The smallest absolute Gasteiger partial charge is 0.0678 e. The van der Waals surface area contributed by atoms with Gasteiger partial charge < -0.3 is 5.32 Å². The van der Waals surface area contributed by atoms with E-state index in [9.17, 15) is 0 Å². The molecule has 0 amide bonds. The van der Waals surface area contributed by atoms with Crippen LogP contribution in [0.3, 0.4) is 0 Å². The standard InChI is InChI=1S/C9H18N4/c1-8(2)13(5)12-11-7-6-9(3)10-4/h8-10H,1-5H3/b12-11+. The topological polar surface area (TPSA) is 40.0 Å². The highest BCUT2D eigenvalue weighted by Crippen LogP contribution is 1.93. The molecular formula is C9H18N4. The second-order valence-electron chi connectivity index (χ2n) is 3.12. The van der Waals surface area contributed by atoms with Gasteiger partial charge in [0.25, 0.3) is 0 Å². The van der Waals surface area contributed by atoms with E-state index in [4.69, 9.17) is 0 Å². The van der Waals surface area contributed by atoms with Gasteiger partial charge in [0.2, 0.25) is 0 Å². The predicted molar refractivity (Wildman–Crippen MR) is 54.1 cm³/mol. The molecule has 0 bridgehead atoms. The van der Waals surface area contributed by atoms with Gasteiger partial charge in [0, 0.05) is 13.1 Å². The first-order valence-corrected chi connectivity index (χ1v) is 4.39. The van der Waals surface area contributed by atoms with Crippen LogP contribution in [0.15, 0.2) is 10.3 Å². The predicted octanol–water partition coefficient (Wildman–Crippen LogP) is 1.26. The van der Waals surface area contributed by atoms with Crippen LogP contribution >= 0.6 is 0 Å². The lowest BCUT2D eigenvalue weighted by molar-refractivity contribution is 0.270. The van der Waals surface area contributed by atoms with Crippen molar-refractivity contribution in [3.05, 3.63) is 0 Å². The van der Waals surface area contributed by atoms with Gasteiger partial charge in [0.1, 0.15) is 0 Å². The van der Waals surface area contributed by atoms with E-state index in [0.29, 0.717) is 6.04 Å². The molecule has 0 spiro atoms. The van der Waals surface area contributed by atoms with E-state index in [0.717, 1.165) is 0 Å². The zero-order valence-electron chi connectivity index (χ0n) is 9.00. The molecule has 74 valence electrons. The molecule has 1 unspecified atom stereocenters. The highest BCUT2D eigenvalue weighted by Gasteiger charge is 1.96. The van der Waals surface area contributed by atoms with E-state index in [-0.39, 0.29) is 6.04 Å². The molecule has 13 heavy (non-hydrogen) atoms. The molecule has 0 aliphatic rings. The average Bonchev–Trinajstić information content (AvgIpc) is 2.11. The Morgan fingerprint density at radius 1 is 1.31 bits per heavy atom. The largest absolute Gasteiger partial charge is 0.307 e. The lowest BCUT2D eigenvalue weighted by Crippen LogP contribution is -2.19. The van der Waals surface area contributed by atoms with Crippen LogP contribution in [-0.2, 0) is 0 Å². The third kappa shape index (κ3) is 6.12. The Labute approximate surface area is 80.4 Å². The van der Waals surface area contributed by atoms with E-state index < -0.39 is 0 Å². The van der Waals surface area contributed by atoms with Gasteiger partial charge >= 0.3 is 0 Å². The minimum absolute atomic E-state index is 0.156. The van der Waals surface area contributed by atoms with E-state index in [2.05, 4.69) is 27.6 Å². The van der Waals surface area contributed by atoms with E-state index >= 15 is 0 Å². The molecule has 0 saturated heterocycles. The summed E-state index contributed by atoms with van der Waals surface area (Å²) >= 11 is 0. The maximum absolute atomic E-state index is 3.89. The summed E-state index contributed by atoms with van der Waals surface area (Å²) in [6, 6.07) is 3.14. The van der Waals surface area contributed by atoms with Crippen molar-refractivity contribution in [1.82, 2.24) is 10.3 Å². The molecule has 1 atom stereocenters. The Kier molecular flexibility index (Phi) is 5.90. The van der Waals surface area contributed by atoms with Crippen LogP contribution in [0.5, 0.6) is 0 Å². The molecule has 0 heterocycles. The molecule has 4 nitrogen and oxygen atoms in total. The fourth-order valence-corrected chi connectivity index (χ4v) is 0.394. The molecule has 0 aromatic rings. The maximum atomic E-state index is 3.89. The van der Waals surface area contributed by atoms with Gasteiger partial charge in [-0.25, -0.2) is 0 Å². The van der Waals surface area contributed by atoms with Crippen molar-refractivity contribution in [2.24, 2.45) is 10.3 Å². The van der Waals surface area contributed by atoms with Crippen molar-refractivity contribution >= 4 is 0 Å². The Hall–Kier alpha value is -1.08. The fourth-order valence-electron chi connectivity index (χ4n) is 0.394. The van der Waals surface area contributed by atoms with E-state index in [1.807, 2.05) is 34.9 Å². The van der Waals surface area contributed by atoms with Gasteiger partial charge in [-0.05, 0) is 27.8 Å². The Morgan fingerprint density at radius 2 is 1.92 bits per heavy atom. The molecule has 0 rings (SSSR count). The zero-order valence-corrected chi connectivity index (χ0v) is 9.00. The quantitative estimate of drug-likeness (QED) is 0.405. The van der Waals surface area contributed by atoms with Crippen molar-refractivity contribution in [3.63, 3.8) is 0 Å². The van der Waals surface area contributed by atoms with Crippen LogP contribution in [-0.4, -0.2) is 31.2 Å². The SMILES string of the molecule is CNC(C)C#C/N=N/N(C)C(C)C. The van der Waals surface area contributed by atoms with Crippen molar-refractivity contribution in [2.75, 3.05) is 14.1 Å². The molecular weight excluding hydrogens is 164 g/mol. The van der Waals surface area contributed by atoms with Gasteiger partial charge in [-0.15, -0.1) is 0 Å². The van der Waals surface area contributed by atoms with Crippen LogP contribution < -0.4 is 5.32 Å². The van der Waals surface area contributed by atoms with Crippen LogP contribution in [0, 0.1) is 12.0 Å².